The summed E-state index contributed by atoms with van der Waals surface area (Å²) in [5, 5.41) is 8.84. The number of aliphatic carboxylic acids is 1. The van der Waals surface area contributed by atoms with Gasteiger partial charge in [0.2, 0.25) is 0 Å². The summed E-state index contributed by atoms with van der Waals surface area (Å²) in [4.78, 5) is 25.1. The van der Waals surface area contributed by atoms with Crippen LogP contribution in [0.15, 0.2) is 24.3 Å². The second-order valence-corrected chi connectivity index (χ2v) is 5.78. The van der Waals surface area contributed by atoms with E-state index < -0.39 is 11.5 Å². The van der Waals surface area contributed by atoms with Crippen LogP contribution in [0.5, 0.6) is 0 Å². The fraction of sp³-hybridized carbons (Fsp3) is 0.500. The summed E-state index contributed by atoms with van der Waals surface area (Å²) in [6, 6.07) is 7.49. The maximum absolute atomic E-state index is 12.7. The summed E-state index contributed by atoms with van der Waals surface area (Å²) >= 11 is 0. The van der Waals surface area contributed by atoms with E-state index in [1.54, 1.807) is 11.0 Å². The Hall–Kier alpha value is -1.84. The molecular formula is C16H23NO3. The van der Waals surface area contributed by atoms with E-state index in [1.807, 2.05) is 45.9 Å². The molecule has 1 N–H and O–H groups in total. The molecule has 4 heteroatoms. The van der Waals surface area contributed by atoms with Gasteiger partial charge < -0.3 is 10.0 Å². The zero-order valence-electron chi connectivity index (χ0n) is 12.6. The monoisotopic (exact) mass is 277 g/mol. The highest BCUT2D eigenvalue weighted by Crippen LogP contribution is 2.20. The lowest BCUT2D eigenvalue weighted by Gasteiger charge is -2.36. The molecule has 0 saturated carbocycles. The van der Waals surface area contributed by atoms with Gasteiger partial charge in [-0.2, -0.15) is 0 Å². The molecule has 0 saturated heterocycles. The third-order valence-electron chi connectivity index (χ3n) is 3.23. The van der Waals surface area contributed by atoms with E-state index in [2.05, 4.69) is 0 Å². The van der Waals surface area contributed by atoms with Gasteiger partial charge in [0.25, 0.3) is 5.91 Å². The van der Waals surface area contributed by atoms with Crippen LogP contribution in [0, 0.1) is 0 Å². The molecule has 20 heavy (non-hydrogen) atoms. The molecule has 0 radical (unpaired) electrons. The molecule has 0 heterocycles. The Morgan fingerprint density at radius 3 is 2.30 bits per heavy atom. The number of benzene rings is 1. The molecule has 1 aromatic rings. The minimum absolute atomic E-state index is 0.0443. The van der Waals surface area contributed by atoms with Crippen LogP contribution in [0.25, 0.3) is 0 Å². The van der Waals surface area contributed by atoms with Gasteiger partial charge in [-0.1, -0.05) is 25.1 Å². The first-order valence-corrected chi connectivity index (χ1v) is 6.89. The predicted octanol–water partition coefficient (Wildman–Crippen LogP) is 2.96. The Morgan fingerprint density at radius 1 is 1.20 bits per heavy atom. The number of aryl methyl sites for hydroxylation is 1. The van der Waals surface area contributed by atoms with Gasteiger partial charge in [-0.3, -0.25) is 9.59 Å². The molecule has 0 spiro atoms. The van der Waals surface area contributed by atoms with Crippen LogP contribution < -0.4 is 0 Å². The minimum Gasteiger partial charge on any atom is -0.481 e. The van der Waals surface area contributed by atoms with Crippen molar-refractivity contribution in [3.63, 3.8) is 0 Å². The van der Waals surface area contributed by atoms with Crippen LogP contribution in [-0.2, 0) is 11.2 Å². The van der Waals surface area contributed by atoms with Crippen molar-refractivity contribution < 1.29 is 14.7 Å². The second kappa shape index (κ2) is 6.55. The largest absolute Gasteiger partial charge is 0.481 e. The third kappa shape index (κ3) is 4.08. The fourth-order valence-electron chi connectivity index (χ4n) is 2.13. The molecule has 0 aromatic heterocycles. The lowest BCUT2D eigenvalue weighted by atomic mass is 9.99. The van der Waals surface area contributed by atoms with Crippen molar-refractivity contribution in [3.8, 4) is 0 Å². The van der Waals surface area contributed by atoms with Crippen molar-refractivity contribution in [2.24, 2.45) is 0 Å². The molecule has 0 aliphatic heterocycles. The topological polar surface area (TPSA) is 57.6 Å². The van der Waals surface area contributed by atoms with Crippen molar-refractivity contribution >= 4 is 11.9 Å². The van der Waals surface area contributed by atoms with E-state index in [4.69, 9.17) is 5.11 Å². The Morgan fingerprint density at radius 2 is 1.80 bits per heavy atom. The molecular weight excluding hydrogens is 254 g/mol. The molecule has 1 aromatic carbocycles. The molecule has 110 valence electrons. The van der Waals surface area contributed by atoms with Gasteiger partial charge in [0.1, 0.15) is 0 Å². The summed E-state index contributed by atoms with van der Waals surface area (Å²) in [5.41, 5.74) is 1.24. The molecule has 0 fully saturated rings. The van der Waals surface area contributed by atoms with Crippen LogP contribution in [0.3, 0.4) is 0 Å². The molecule has 4 nitrogen and oxygen atoms in total. The normalized spacial score (nSPS) is 11.2. The highest BCUT2D eigenvalue weighted by atomic mass is 16.4. The fourth-order valence-corrected chi connectivity index (χ4v) is 2.13. The molecule has 0 unspecified atom stereocenters. The van der Waals surface area contributed by atoms with Gasteiger partial charge >= 0.3 is 5.97 Å². The summed E-state index contributed by atoms with van der Waals surface area (Å²) in [5.74, 6) is -0.993. The Bertz CT molecular complexity index is 489. The van der Waals surface area contributed by atoms with Crippen LogP contribution in [-0.4, -0.2) is 34.0 Å². The van der Waals surface area contributed by atoms with Gasteiger partial charge in [-0.15, -0.1) is 0 Å². The number of carboxylic acid groups (broad SMARTS) is 1. The van der Waals surface area contributed by atoms with Crippen molar-refractivity contribution in [2.45, 2.75) is 46.1 Å². The predicted molar refractivity (Wildman–Crippen MR) is 78.9 cm³/mol. The van der Waals surface area contributed by atoms with Gasteiger partial charge in [0, 0.05) is 17.6 Å². The lowest BCUT2D eigenvalue weighted by molar-refractivity contribution is -0.137. The SMILES string of the molecule is CCc1ccccc1C(=O)N(CCC(=O)O)C(C)(C)C. The van der Waals surface area contributed by atoms with Crippen LogP contribution in [0.2, 0.25) is 0 Å². The maximum Gasteiger partial charge on any atom is 0.305 e. The van der Waals surface area contributed by atoms with Crippen LogP contribution in [0.4, 0.5) is 0 Å². The second-order valence-electron chi connectivity index (χ2n) is 5.78. The zero-order chi connectivity index (χ0) is 15.3. The smallest absolute Gasteiger partial charge is 0.305 e. The number of hydrogen-bond donors (Lipinski definition) is 1. The van der Waals surface area contributed by atoms with E-state index in [-0.39, 0.29) is 18.9 Å². The van der Waals surface area contributed by atoms with Crippen molar-refractivity contribution in [1.82, 2.24) is 4.90 Å². The van der Waals surface area contributed by atoms with Gasteiger partial charge in [0.05, 0.1) is 6.42 Å². The number of hydrogen-bond acceptors (Lipinski definition) is 2. The standard InChI is InChI=1S/C16H23NO3/c1-5-12-8-6-7-9-13(12)15(20)17(16(2,3)4)11-10-14(18)19/h6-9H,5,10-11H2,1-4H3,(H,18,19). The summed E-state index contributed by atoms with van der Waals surface area (Å²) < 4.78 is 0. The number of amides is 1. The average Bonchev–Trinajstić information content (AvgIpc) is 2.36. The number of carbonyl (C=O) groups is 2. The minimum atomic E-state index is -0.893. The Balaban J connectivity index is 3.07. The quantitative estimate of drug-likeness (QED) is 0.900. The average molecular weight is 277 g/mol. The van der Waals surface area contributed by atoms with E-state index in [0.717, 1.165) is 12.0 Å². The molecule has 0 aliphatic rings. The molecule has 0 atom stereocenters. The molecule has 0 bridgehead atoms. The maximum atomic E-state index is 12.7. The van der Waals surface area contributed by atoms with E-state index >= 15 is 0 Å². The molecule has 1 amide bonds. The van der Waals surface area contributed by atoms with Crippen molar-refractivity contribution in [2.75, 3.05) is 6.54 Å². The van der Waals surface area contributed by atoms with Crippen molar-refractivity contribution in [3.05, 3.63) is 35.4 Å². The lowest BCUT2D eigenvalue weighted by Crippen LogP contribution is -2.46. The van der Waals surface area contributed by atoms with E-state index in [1.165, 1.54) is 0 Å². The number of carbonyl (C=O) groups excluding carboxylic acids is 1. The van der Waals surface area contributed by atoms with Gasteiger partial charge in [-0.25, -0.2) is 0 Å². The number of carboxylic acids is 1. The number of nitrogens with zero attached hydrogens (tertiary/aromatic N) is 1. The molecule has 0 aliphatic carbocycles. The first-order chi connectivity index (χ1) is 9.27. The zero-order valence-corrected chi connectivity index (χ0v) is 12.6. The summed E-state index contributed by atoms with van der Waals surface area (Å²) in [7, 11) is 0. The summed E-state index contributed by atoms with van der Waals surface area (Å²) in [6.45, 7) is 7.98. The third-order valence-corrected chi connectivity index (χ3v) is 3.23. The van der Waals surface area contributed by atoms with Crippen molar-refractivity contribution in [1.29, 1.82) is 0 Å². The first kappa shape index (κ1) is 16.2. The van der Waals surface area contributed by atoms with E-state index in [0.29, 0.717) is 5.56 Å². The van der Waals surface area contributed by atoms with Gasteiger partial charge in [0.15, 0.2) is 0 Å². The van der Waals surface area contributed by atoms with Gasteiger partial charge in [-0.05, 0) is 38.8 Å². The highest BCUT2D eigenvalue weighted by Gasteiger charge is 2.28. The van der Waals surface area contributed by atoms with Crippen LogP contribution >= 0.6 is 0 Å². The Kier molecular flexibility index (Phi) is 5.31. The van der Waals surface area contributed by atoms with Crippen LogP contribution in [0.1, 0.15) is 50.0 Å². The Labute approximate surface area is 120 Å². The first-order valence-electron chi connectivity index (χ1n) is 6.89. The molecule has 1 rings (SSSR count). The number of rotatable bonds is 5. The summed E-state index contributed by atoms with van der Waals surface area (Å²) in [6.07, 6.45) is 0.732. The highest BCUT2D eigenvalue weighted by molar-refractivity contribution is 5.96. The van der Waals surface area contributed by atoms with E-state index in [9.17, 15) is 9.59 Å².